The number of hydrogen-bond acceptors (Lipinski definition) is 2. The van der Waals surface area contributed by atoms with Crippen LogP contribution < -0.4 is 5.46 Å². The summed E-state index contributed by atoms with van der Waals surface area (Å²) < 4.78 is 162. The zero-order chi connectivity index (χ0) is 19.7. The lowest BCUT2D eigenvalue weighted by molar-refractivity contribution is -0.0416. The Morgan fingerprint density at radius 1 is 0.917 bits per heavy atom. The second-order valence-corrected chi connectivity index (χ2v) is 13.7. The Hall–Kier alpha value is -0.835. The fourth-order valence-electron chi connectivity index (χ4n) is 1.46. The van der Waals surface area contributed by atoms with Crippen LogP contribution in [0.15, 0.2) is 28.0 Å². The highest BCUT2D eigenvalue weighted by Crippen LogP contribution is 3.02. The van der Waals surface area contributed by atoms with Crippen LogP contribution >= 0.6 is 19.6 Å². The molecule has 1 aromatic carbocycles. The minimum atomic E-state index is -10.7. The van der Waals surface area contributed by atoms with Crippen molar-refractivity contribution in [1.29, 1.82) is 0 Å². The van der Waals surface area contributed by atoms with E-state index in [1.807, 2.05) is 0 Å². The maximum Gasteiger partial charge on any atom is 0.510 e. The van der Waals surface area contributed by atoms with E-state index in [1.165, 1.54) is 0 Å². The van der Waals surface area contributed by atoms with Gasteiger partial charge < -0.3 is 0 Å². The number of benzene rings is 1. The van der Waals surface area contributed by atoms with Crippen molar-refractivity contribution in [3.63, 3.8) is 0 Å². The third-order valence-electron chi connectivity index (χ3n) is 2.56. The summed E-state index contributed by atoms with van der Waals surface area (Å²) in [4.78, 5) is -6.05. The van der Waals surface area contributed by atoms with E-state index in [0.717, 1.165) is 0 Å². The molecular weight excluding hydrogens is 432 g/mol. The van der Waals surface area contributed by atoms with E-state index < -0.39 is 61.3 Å². The molecular formula is C7H6BF11O2S3. The predicted molar refractivity (Wildman–Crippen MR) is 71.6 cm³/mol. The molecule has 1 rings (SSSR count). The zero-order valence-corrected chi connectivity index (χ0v) is 13.5. The molecule has 0 aliphatic heterocycles. The van der Waals surface area contributed by atoms with Gasteiger partial charge in [0, 0.05) is 0 Å². The molecule has 0 saturated heterocycles. The fraction of sp³-hybridized carbons (Fsp3) is 0.143. The monoisotopic (exact) mass is 438 g/mol. The van der Waals surface area contributed by atoms with Crippen LogP contribution in [0.25, 0.3) is 0 Å². The molecule has 0 fully saturated rings. The van der Waals surface area contributed by atoms with Gasteiger partial charge in [-0.25, -0.2) is 8.42 Å². The highest BCUT2D eigenvalue weighted by atomic mass is 33.3. The molecule has 2 nitrogen and oxygen atoms in total. The summed E-state index contributed by atoms with van der Waals surface area (Å²) in [6.45, 7) is 0. The molecule has 0 spiro atoms. The second-order valence-electron chi connectivity index (χ2n) is 4.64. The van der Waals surface area contributed by atoms with E-state index in [2.05, 4.69) is 0 Å². The SMILES string of the molecule is Bc1cc([SH](F)(F)(F)S(=O)(=O)C(F)(F)F)cc(S(F)(F)(F)(F)F)c1. The Labute approximate surface area is 128 Å². The van der Waals surface area contributed by atoms with Crippen molar-refractivity contribution in [2.75, 3.05) is 0 Å². The number of halogens is 11. The predicted octanol–water partition coefficient (Wildman–Crippen LogP) is 4.54. The van der Waals surface area contributed by atoms with Crippen LogP contribution in [0, 0.1) is 0 Å². The lowest BCUT2D eigenvalue weighted by Crippen LogP contribution is -2.30. The maximum absolute atomic E-state index is 13.7. The smallest absolute Gasteiger partial charge is 0.204 e. The van der Waals surface area contributed by atoms with Gasteiger partial charge >= 0.3 is 24.6 Å². The zero-order valence-electron chi connectivity index (χ0n) is 11.0. The summed E-state index contributed by atoms with van der Waals surface area (Å²) in [5, 5.41) is 0. The molecule has 1 aromatic rings. The summed E-state index contributed by atoms with van der Waals surface area (Å²) in [6.07, 6.45) is 0. The molecule has 24 heavy (non-hydrogen) atoms. The highest BCUT2D eigenvalue weighted by Gasteiger charge is 2.69. The topological polar surface area (TPSA) is 34.1 Å². The first-order valence-corrected chi connectivity index (χ1v) is 11.2. The quantitative estimate of drug-likeness (QED) is 0.326. The normalized spacial score (nSPS) is 19.0. The average Bonchev–Trinajstić information content (AvgIpc) is 2.22. The molecule has 17 heteroatoms. The van der Waals surface area contributed by atoms with Gasteiger partial charge in [0.15, 0.2) is 9.35 Å². The molecule has 0 heterocycles. The number of hydrogen-bond donors (Lipinski definition) is 1. The largest absolute Gasteiger partial charge is 0.510 e. The average molecular weight is 438 g/mol. The van der Waals surface area contributed by atoms with E-state index in [9.17, 15) is 52.7 Å². The van der Waals surface area contributed by atoms with Gasteiger partial charge in [0.2, 0.25) is 0 Å². The van der Waals surface area contributed by atoms with Crippen molar-refractivity contribution in [1.82, 2.24) is 0 Å². The van der Waals surface area contributed by atoms with Gasteiger partial charge in [-0.15, -0.1) is 11.7 Å². The molecule has 144 valence electrons. The summed E-state index contributed by atoms with van der Waals surface area (Å²) >= 11 is 0. The van der Waals surface area contributed by atoms with Crippen LogP contribution in [0.3, 0.4) is 0 Å². The van der Waals surface area contributed by atoms with Gasteiger partial charge in [-0.05, 0) is 12.1 Å². The molecule has 0 atom stereocenters. The van der Waals surface area contributed by atoms with Crippen molar-refractivity contribution in [3.8, 4) is 0 Å². The van der Waals surface area contributed by atoms with Crippen molar-refractivity contribution >= 4 is 41.8 Å². The van der Waals surface area contributed by atoms with Crippen molar-refractivity contribution in [2.45, 2.75) is 15.3 Å². The first-order valence-electron chi connectivity index (χ1n) is 5.23. The summed E-state index contributed by atoms with van der Waals surface area (Å²) in [6, 6.07) is -2.10. The number of alkyl halides is 3. The van der Waals surface area contributed by atoms with E-state index >= 15 is 0 Å². The van der Waals surface area contributed by atoms with Gasteiger partial charge in [-0.3, -0.25) is 0 Å². The minimum absolute atomic E-state index is 0.367. The Bertz CT molecular complexity index is 803. The minimum Gasteiger partial charge on any atom is -0.204 e. The van der Waals surface area contributed by atoms with Crippen LogP contribution in [0.5, 0.6) is 0 Å². The molecule has 0 N–H and O–H groups in total. The van der Waals surface area contributed by atoms with Crippen molar-refractivity contribution in [3.05, 3.63) is 18.2 Å². The Balaban J connectivity index is 3.93. The van der Waals surface area contributed by atoms with Crippen LogP contribution in [-0.2, 0) is 8.87 Å². The van der Waals surface area contributed by atoms with E-state index in [-0.39, 0.29) is 6.07 Å². The van der Waals surface area contributed by atoms with E-state index in [0.29, 0.717) is 7.85 Å². The van der Waals surface area contributed by atoms with Crippen LogP contribution in [0.1, 0.15) is 0 Å². The van der Waals surface area contributed by atoms with Gasteiger partial charge in [0.05, 0.1) is 4.90 Å². The van der Waals surface area contributed by atoms with Crippen molar-refractivity contribution in [2.24, 2.45) is 0 Å². The summed E-state index contributed by atoms with van der Waals surface area (Å²) in [5.74, 6) is 0. The summed E-state index contributed by atoms with van der Waals surface area (Å²) in [5.41, 5.74) is -8.00. The Morgan fingerprint density at radius 2 is 1.33 bits per heavy atom. The standard InChI is InChI=1S/C7H6BF11O2S3/c8-4-1-5(3-6(2-4)24(15,16,17,18)19)23(12,13,14)22(20,21)7(9,10)11/h1-3,23H,8H2. The highest BCUT2D eigenvalue weighted by molar-refractivity contribution is 8.93. The van der Waals surface area contributed by atoms with E-state index in [4.69, 9.17) is 0 Å². The van der Waals surface area contributed by atoms with Gasteiger partial charge in [0.25, 0.3) is 0 Å². The second kappa shape index (κ2) is 4.28. The maximum atomic E-state index is 13.7. The third-order valence-corrected chi connectivity index (χ3v) is 9.73. The van der Waals surface area contributed by atoms with Crippen LogP contribution in [0.2, 0.25) is 0 Å². The van der Waals surface area contributed by atoms with Gasteiger partial charge in [-0.1, -0.05) is 31.0 Å². The molecule has 0 radical (unpaired) electrons. The first-order chi connectivity index (χ1) is 9.88. The number of rotatable bonds is 3. The molecule has 0 aromatic heterocycles. The molecule has 0 saturated carbocycles. The lowest BCUT2D eigenvalue weighted by atomic mass is 9.97. The summed E-state index contributed by atoms with van der Waals surface area (Å²) in [7, 11) is -27.8. The molecule has 0 aliphatic rings. The molecule has 0 unspecified atom stereocenters. The first kappa shape index (κ1) is 21.2. The van der Waals surface area contributed by atoms with Crippen LogP contribution in [-0.4, -0.2) is 21.8 Å². The van der Waals surface area contributed by atoms with Crippen molar-refractivity contribution < 1.29 is 52.7 Å². The van der Waals surface area contributed by atoms with Gasteiger partial charge in [-0.2, -0.15) is 13.2 Å². The molecule has 0 bridgehead atoms. The van der Waals surface area contributed by atoms with Crippen LogP contribution in [0.4, 0.5) is 44.3 Å². The molecule has 0 aliphatic carbocycles. The Kier molecular flexibility index (Phi) is 3.78. The third kappa shape index (κ3) is 3.42. The molecule has 0 amide bonds. The van der Waals surface area contributed by atoms with E-state index in [1.54, 1.807) is 0 Å². The fourth-order valence-corrected chi connectivity index (χ4v) is 5.82. The Morgan fingerprint density at radius 3 is 1.67 bits per heavy atom. The lowest BCUT2D eigenvalue weighted by Gasteiger charge is -2.43. The number of thiol groups is 1. The van der Waals surface area contributed by atoms with Gasteiger partial charge in [0.1, 0.15) is 12.7 Å².